The Kier molecular flexibility index (Phi) is 7.39. The number of carbonyl (C=O) groups excluding carboxylic acids is 3. The fourth-order valence-corrected chi connectivity index (χ4v) is 3.84. The van der Waals surface area contributed by atoms with Crippen molar-refractivity contribution in [1.29, 1.82) is 0 Å². The molecule has 1 aliphatic heterocycles. The van der Waals surface area contributed by atoms with E-state index in [1.807, 2.05) is 18.2 Å². The Morgan fingerprint density at radius 2 is 1.71 bits per heavy atom. The van der Waals surface area contributed by atoms with Crippen molar-refractivity contribution in [2.45, 2.75) is 19.8 Å². The summed E-state index contributed by atoms with van der Waals surface area (Å²) in [5, 5.41) is 9.82. The lowest BCUT2D eigenvalue weighted by Gasteiger charge is -2.30. The number of benzene rings is 2. The summed E-state index contributed by atoms with van der Waals surface area (Å²) < 4.78 is 19.9. The van der Waals surface area contributed by atoms with E-state index in [1.165, 1.54) is 16.8 Å². The molecule has 2 aromatic carbocycles. The van der Waals surface area contributed by atoms with Crippen LogP contribution in [0.25, 0.3) is 5.69 Å². The molecule has 0 unspecified atom stereocenters. The molecule has 0 saturated carbocycles. The lowest BCUT2D eigenvalue weighted by atomic mass is 9.97. The predicted octanol–water partition coefficient (Wildman–Crippen LogP) is 3.75. The van der Waals surface area contributed by atoms with E-state index in [9.17, 15) is 18.8 Å². The van der Waals surface area contributed by atoms with Crippen molar-refractivity contribution in [3.63, 3.8) is 0 Å². The third kappa shape index (κ3) is 6.23. The lowest BCUT2D eigenvalue weighted by molar-refractivity contribution is -0.152. The summed E-state index contributed by atoms with van der Waals surface area (Å²) in [4.78, 5) is 38.9. The van der Waals surface area contributed by atoms with Crippen LogP contribution in [0.2, 0.25) is 0 Å². The third-order valence-electron chi connectivity index (χ3n) is 5.66. The number of ether oxygens (including phenoxy) is 1. The molecule has 1 aromatic heterocycles. The number of aromatic nitrogens is 2. The highest BCUT2D eigenvalue weighted by molar-refractivity contribution is 5.92. The molecule has 0 aliphatic carbocycles. The van der Waals surface area contributed by atoms with Crippen molar-refractivity contribution in [2.75, 3.05) is 30.3 Å². The molecule has 2 heterocycles. The summed E-state index contributed by atoms with van der Waals surface area (Å²) in [7, 11) is 0. The molecule has 2 N–H and O–H groups in total. The molecular formula is C25H26FN5O4. The summed E-state index contributed by atoms with van der Waals surface area (Å²) in [6.45, 7) is 2.16. The lowest BCUT2D eigenvalue weighted by Crippen LogP contribution is -2.43. The molecule has 0 spiro atoms. The number of urea groups is 1. The molecule has 3 aromatic rings. The number of hydrogen-bond acceptors (Lipinski definition) is 5. The number of likely N-dealkylation sites (tertiary alicyclic amines) is 1. The Balaban J connectivity index is 1.24. The highest BCUT2D eigenvalue weighted by Crippen LogP contribution is 2.20. The molecule has 35 heavy (non-hydrogen) atoms. The second kappa shape index (κ2) is 10.8. The topological polar surface area (TPSA) is 106 Å². The first kappa shape index (κ1) is 23.9. The number of nitrogens with zero attached hydrogens (tertiary/aromatic N) is 3. The molecular weight excluding hydrogens is 453 g/mol. The van der Waals surface area contributed by atoms with Crippen molar-refractivity contribution in [3.05, 3.63) is 72.2 Å². The Morgan fingerprint density at radius 1 is 1.03 bits per heavy atom. The summed E-state index contributed by atoms with van der Waals surface area (Å²) in [5.41, 5.74) is 1.94. The summed E-state index contributed by atoms with van der Waals surface area (Å²) in [5.74, 6) is -1.35. The number of anilines is 2. The van der Waals surface area contributed by atoms with Crippen molar-refractivity contribution in [2.24, 2.45) is 5.92 Å². The van der Waals surface area contributed by atoms with Gasteiger partial charge in [-0.25, -0.2) is 13.9 Å². The summed E-state index contributed by atoms with van der Waals surface area (Å²) >= 11 is 0. The van der Waals surface area contributed by atoms with E-state index in [-0.39, 0.29) is 17.8 Å². The van der Waals surface area contributed by atoms with Gasteiger partial charge in [0, 0.05) is 24.8 Å². The quantitative estimate of drug-likeness (QED) is 0.524. The number of halogens is 1. The maximum atomic E-state index is 13.2. The molecule has 3 amide bonds. The second-order valence-electron chi connectivity index (χ2n) is 8.27. The predicted molar refractivity (Wildman–Crippen MR) is 128 cm³/mol. The molecule has 0 bridgehead atoms. The van der Waals surface area contributed by atoms with Gasteiger partial charge < -0.3 is 20.3 Å². The average molecular weight is 480 g/mol. The number of piperidine rings is 1. The van der Waals surface area contributed by atoms with E-state index >= 15 is 0 Å². The highest BCUT2D eigenvalue weighted by Gasteiger charge is 2.29. The Bertz CT molecular complexity index is 1190. The number of para-hydroxylation sites is 1. The summed E-state index contributed by atoms with van der Waals surface area (Å²) in [6, 6.07) is 16.3. The molecule has 9 nitrogen and oxygen atoms in total. The van der Waals surface area contributed by atoms with Crippen molar-refractivity contribution in [3.8, 4) is 5.69 Å². The number of nitrogens with one attached hydrogen (secondary N) is 2. The molecule has 4 rings (SSSR count). The SMILES string of the molecule is Cc1cc(NC(=O)COC(=O)C2CCN(C(=O)Nc3ccccc3)CC2)n(-c2ccc(F)cc2)n1. The monoisotopic (exact) mass is 479 g/mol. The number of carbonyl (C=O) groups is 3. The smallest absolute Gasteiger partial charge is 0.321 e. The van der Waals surface area contributed by atoms with Crippen LogP contribution >= 0.6 is 0 Å². The number of aryl methyl sites for hydroxylation is 1. The van der Waals surface area contributed by atoms with Crippen LogP contribution < -0.4 is 10.6 Å². The van der Waals surface area contributed by atoms with Gasteiger partial charge in [-0.3, -0.25) is 9.59 Å². The van der Waals surface area contributed by atoms with Crippen LogP contribution in [0.3, 0.4) is 0 Å². The second-order valence-corrected chi connectivity index (χ2v) is 8.27. The largest absolute Gasteiger partial charge is 0.455 e. The van der Waals surface area contributed by atoms with Gasteiger partial charge in [0.25, 0.3) is 5.91 Å². The van der Waals surface area contributed by atoms with Gasteiger partial charge in [0.15, 0.2) is 6.61 Å². The highest BCUT2D eigenvalue weighted by atomic mass is 19.1. The Morgan fingerprint density at radius 3 is 2.40 bits per heavy atom. The van der Waals surface area contributed by atoms with E-state index in [0.717, 1.165) is 0 Å². The number of esters is 1. The number of rotatable bonds is 6. The average Bonchev–Trinajstić information content (AvgIpc) is 3.23. The Hall–Kier alpha value is -4.21. The van der Waals surface area contributed by atoms with Crippen molar-refractivity contribution < 1.29 is 23.5 Å². The van der Waals surface area contributed by atoms with Crippen LogP contribution in [0.15, 0.2) is 60.7 Å². The number of hydrogen-bond donors (Lipinski definition) is 2. The van der Waals surface area contributed by atoms with E-state index in [1.54, 1.807) is 42.2 Å². The van der Waals surface area contributed by atoms with Gasteiger partial charge in [-0.05, 0) is 56.2 Å². The minimum Gasteiger partial charge on any atom is -0.455 e. The molecule has 0 atom stereocenters. The van der Waals surface area contributed by atoms with Crippen molar-refractivity contribution in [1.82, 2.24) is 14.7 Å². The standard InChI is InChI=1S/C25H26FN5O4/c1-17-15-22(31(29-17)21-9-7-19(26)8-10-21)28-23(32)16-35-24(33)18-11-13-30(14-12-18)25(34)27-20-5-3-2-4-6-20/h2-10,15,18H,11-14,16H2,1H3,(H,27,34)(H,28,32). The van der Waals surface area contributed by atoms with Crippen molar-refractivity contribution >= 4 is 29.4 Å². The first-order valence-electron chi connectivity index (χ1n) is 11.3. The minimum absolute atomic E-state index is 0.213. The maximum Gasteiger partial charge on any atom is 0.321 e. The van der Waals surface area contributed by atoms with Crippen LogP contribution in [-0.4, -0.2) is 52.3 Å². The maximum absolute atomic E-state index is 13.2. The molecule has 182 valence electrons. The molecule has 1 saturated heterocycles. The fraction of sp³-hybridized carbons (Fsp3) is 0.280. The molecule has 1 fully saturated rings. The Labute approximate surface area is 201 Å². The number of amides is 3. The van der Waals surface area contributed by atoms with Crippen LogP contribution in [0.4, 0.5) is 20.7 Å². The zero-order valence-electron chi connectivity index (χ0n) is 19.2. The first-order chi connectivity index (χ1) is 16.9. The molecule has 0 radical (unpaired) electrons. The van der Waals surface area contributed by atoms with Crippen LogP contribution in [0.5, 0.6) is 0 Å². The van der Waals surface area contributed by atoms with Gasteiger partial charge in [0.2, 0.25) is 0 Å². The third-order valence-corrected chi connectivity index (χ3v) is 5.66. The molecule has 1 aliphatic rings. The van der Waals surface area contributed by atoms with Crippen LogP contribution in [-0.2, 0) is 14.3 Å². The van der Waals surface area contributed by atoms with Gasteiger partial charge in [0.05, 0.1) is 17.3 Å². The first-order valence-corrected chi connectivity index (χ1v) is 11.3. The zero-order chi connectivity index (χ0) is 24.8. The normalized spacial score (nSPS) is 13.8. The van der Waals surface area contributed by atoms with E-state index in [2.05, 4.69) is 15.7 Å². The minimum atomic E-state index is -0.513. The van der Waals surface area contributed by atoms with E-state index in [4.69, 9.17) is 4.74 Å². The zero-order valence-corrected chi connectivity index (χ0v) is 19.2. The van der Waals surface area contributed by atoms with Gasteiger partial charge in [-0.15, -0.1) is 0 Å². The van der Waals surface area contributed by atoms with E-state index < -0.39 is 18.5 Å². The van der Waals surface area contributed by atoms with Gasteiger partial charge in [-0.2, -0.15) is 5.10 Å². The fourth-order valence-electron chi connectivity index (χ4n) is 3.84. The van der Waals surface area contributed by atoms with Gasteiger partial charge in [-0.1, -0.05) is 18.2 Å². The van der Waals surface area contributed by atoms with Gasteiger partial charge >= 0.3 is 12.0 Å². The van der Waals surface area contributed by atoms with Crippen LogP contribution in [0, 0.1) is 18.7 Å². The molecule has 10 heteroatoms. The van der Waals surface area contributed by atoms with E-state index in [0.29, 0.717) is 48.8 Å². The van der Waals surface area contributed by atoms with Crippen LogP contribution in [0.1, 0.15) is 18.5 Å². The summed E-state index contributed by atoms with van der Waals surface area (Å²) in [6.07, 6.45) is 0.915. The van der Waals surface area contributed by atoms with Gasteiger partial charge in [0.1, 0.15) is 11.6 Å².